The van der Waals surface area contributed by atoms with Crippen molar-refractivity contribution in [3.63, 3.8) is 0 Å². The highest BCUT2D eigenvalue weighted by molar-refractivity contribution is 6.30. The van der Waals surface area contributed by atoms with Crippen molar-refractivity contribution in [3.05, 3.63) is 92.1 Å². The highest BCUT2D eigenvalue weighted by atomic mass is 35.5. The molecular formula is C23H20ClFN4O3. The first-order chi connectivity index (χ1) is 15.3. The van der Waals surface area contributed by atoms with E-state index in [0.29, 0.717) is 16.3 Å². The largest absolute Gasteiger partial charge is 0.337 e. The molecule has 0 radical (unpaired) electrons. The Labute approximate surface area is 187 Å². The molecule has 0 unspecified atom stereocenters. The van der Waals surface area contributed by atoms with Gasteiger partial charge in [0.25, 0.3) is 5.56 Å². The number of imidazole rings is 1. The summed E-state index contributed by atoms with van der Waals surface area (Å²) in [7, 11) is 0. The minimum atomic E-state index is -0.534. The Bertz CT molecular complexity index is 1430. The van der Waals surface area contributed by atoms with Crippen LogP contribution in [0, 0.1) is 11.7 Å². The van der Waals surface area contributed by atoms with E-state index in [1.54, 1.807) is 24.3 Å². The topological polar surface area (TPSA) is 78.9 Å². The van der Waals surface area contributed by atoms with Crippen LogP contribution in [0.25, 0.3) is 16.9 Å². The van der Waals surface area contributed by atoms with E-state index in [9.17, 15) is 18.8 Å². The standard InChI is InChI=1S/C23H20ClFN4O3/c1-14(2)11-28-22(31)20-21(29(23(28)32)18-5-3-4-16(24)10-18)26-13-27(20)12-19(30)15-6-8-17(25)9-7-15/h3-10,13-14H,11-12H2,1-2H3. The number of carbonyl (C=O) groups excluding carboxylic acids is 1. The predicted molar refractivity (Wildman–Crippen MR) is 120 cm³/mol. The zero-order chi connectivity index (χ0) is 23.0. The smallest absolute Gasteiger partial charge is 0.317 e. The average Bonchev–Trinajstić information content (AvgIpc) is 3.15. The van der Waals surface area contributed by atoms with Crippen LogP contribution in [-0.4, -0.2) is 24.5 Å². The molecule has 2 aromatic heterocycles. The number of aromatic nitrogens is 4. The van der Waals surface area contributed by atoms with E-state index in [0.717, 1.165) is 4.57 Å². The minimum absolute atomic E-state index is 0.0304. The van der Waals surface area contributed by atoms with Gasteiger partial charge >= 0.3 is 5.69 Å². The molecule has 32 heavy (non-hydrogen) atoms. The molecule has 0 bridgehead atoms. The molecule has 0 aliphatic heterocycles. The lowest BCUT2D eigenvalue weighted by Gasteiger charge is -2.14. The predicted octanol–water partition coefficient (Wildman–Crippen LogP) is 3.68. The second-order valence-corrected chi connectivity index (χ2v) is 8.32. The third kappa shape index (κ3) is 4.01. The first-order valence-electron chi connectivity index (χ1n) is 10.0. The van der Waals surface area contributed by atoms with Crippen molar-refractivity contribution in [2.45, 2.75) is 26.9 Å². The molecule has 9 heteroatoms. The Kier molecular flexibility index (Phi) is 5.80. The van der Waals surface area contributed by atoms with Crippen LogP contribution in [0.4, 0.5) is 4.39 Å². The van der Waals surface area contributed by atoms with Gasteiger partial charge in [-0.1, -0.05) is 31.5 Å². The fourth-order valence-corrected chi connectivity index (χ4v) is 3.74. The van der Waals surface area contributed by atoms with Gasteiger partial charge in [0.2, 0.25) is 0 Å². The summed E-state index contributed by atoms with van der Waals surface area (Å²) in [5, 5.41) is 0.426. The number of halogens is 2. The van der Waals surface area contributed by atoms with Crippen molar-refractivity contribution in [3.8, 4) is 5.69 Å². The molecule has 4 aromatic rings. The van der Waals surface area contributed by atoms with Gasteiger partial charge in [0.1, 0.15) is 5.82 Å². The van der Waals surface area contributed by atoms with Crippen molar-refractivity contribution in [2.75, 3.05) is 0 Å². The summed E-state index contributed by atoms with van der Waals surface area (Å²) in [6.07, 6.45) is 1.35. The van der Waals surface area contributed by atoms with Crippen LogP contribution >= 0.6 is 11.6 Å². The van der Waals surface area contributed by atoms with Crippen LogP contribution < -0.4 is 11.2 Å². The average molecular weight is 455 g/mol. The van der Waals surface area contributed by atoms with Crippen LogP contribution in [0.15, 0.2) is 64.4 Å². The van der Waals surface area contributed by atoms with E-state index in [-0.39, 0.29) is 36.0 Å². The van der Waals surface area contributed by atoms with Gasteiger partial charge in [-0.15, -0.1) is 0 Å². The number of carbonyl (C=O) groups is 1. The Morgan fingerprint density at radius 1 is 1.12 bits per heavy atom. The maximum absolute atomic E-state index is 13.3. The summed E-state index contributed by atoms with van der Waals surface area (Å²) in [6, 6.07) is 11.8. The molecule has 0 fully saturated rings. The highest BCUT2D eigenvalue weighted by Crippen LogP contribution is 2.18. The van der Waals surface area contributed by atoms with Crippen molar-refractivity contribution in [2.24, 2.45) is 5.92 Å². The zero-order valence-corrected chi connectivity index (χ0v) is 18.2. The third-order valence-corrected chi connectivity index (χ3v) is 5.23. The summed E-state index contributed by atoms with van der Waals surface area (Å²) in [4.78, 5) is 43.6. The van der Waals surface area contributed by atoms with E-state index in [1.165, 1.54) is 39.7 Å². The maximum Gasteiger partial charge on any atom is 0.337 e. The summed E-state index contributed by atoms with van der Waals surface area (Å²) < 4.78 is 17.1. The molecule has 0 N–H and O–H groups in total. The molecule has 4 rings (SSSR count). The van der Waals surface area contributed by atoms with E-state index in [2.05, 4.69) is 4.98 Å². The van der Waals surface area contributed by atoms with Gasteiger partial charge in [-0.3, -0.25) is 14.2 Å². The SMILES string of the molecule is CC(C)Cn1c(=O)c2c(ncn2CC(=O)c2ccc(F)cc2)n(-c2cccc(Cl)c2)c1=O. The molecule has 0 aliphatic carbocycles. The number of Topliss-reactive ketones (excluding diaryl/α,β-unsaturated/α-hetero) is 1. The number of fused-ring (bicyclic) bond motifs is 1. The number of hydrogen-bond donors (Lipinski definition) is 0. The Morgan fingerprint density at radius 3 is 2.50 bits per heavy atom. The molecule has 2 heterocycles. The number of hydrogen-bond acceptors (Lipinski definition) is 4. The van der Waals surface area contributed by atoms with Gasteiger partial charge in [0.05, 0.1) is 18.6 Å². The molecular weight excluding hydrogens is 435 g/mol. The van der Waals surface area contributed by atoms with Gasteiger partial charge in [-0.25, -0.2) is 18.7 Å². The summed E-state index contributed by atoms with van der Waals surface area (Å²) in [5.74, 6) is -0.737. The fourth-order valence-electron chi connectivity index (χ4n) is 3.56. The van der Waals surface area contributed by atoms with Gasteiger partial charge in [0, 0.05) is 17.1 Å². The third-order valence-electron chi connectivity index (χ3n) is 4.99. The molecule has 7 nitrogen and oxygen atoms in total. The molecule has 164 valence electrons. The van der Waals surface area contributed by atoms with E-state index in [4.69, 9.17) is 11.6 Å². The first kappa shape index (κ1) is 21.7. The Morgan fingerprint density at radius 2 is 1.84 bits per heavy atom. The van der Waals surface area contributed by atoms with Crippen molar-refractivity contribution in [1.82, 2.24) is 18.7 Å². The lowest BCUT2D eigenvalue weighted by molar-refractivity contribution is 0.0973. The van der Waals surface area contributed by atoms with E-state index >= 15 is 0 Å². The summed E-state index contributed by atoms with van der Waals surface area (Å²) in [6.45, 7) is 3.81. The van der Waals surface area contributed by atoms with Crippen molar-refractivity contribution in [1.29, 1.82) is 0 Å². The van der Waals surface area contributed by atoms with Gasteiger partial charge in [0.15, 0.2) is 16.9 Å². The molecule has 0 spiro atoms. The molecule has 0 saturated heterocycles. The van der Waals surface area contributed by atoms with Crippen LogP contribution in [-0.2, 0) is 13.1 Å². The number of rotatable bonds is 6. The summed E-state index contributed by atoms with van der Waals surface area (Å²) in [5.41, 5.74) is -0.0381. The molecule has 2 aromatic carbocycles. The Hall–Kier alpha value is -3.52. The number of ketones is 1. The zero-order valence-electron chi connectivity index (χ0n) is 17.5. The lowest BCUT2D eigenvalue weighted by atomic mass is 10.1. The van der Waals surface area contributed by atoms with Crippen LogP contribution in [0.1, 0.15) is 24.2 Å². The van der Waals surface area contributed by atoms with Crippen LogP contribution in [0.2, 0.25) is 5.02 Å². The van der Waals surface area contributed by atoms with Crippen molar-refractivity contribution >= 4 is 28.5 Å². The summed E-state index contributed by atoms with van der Waals surface area (Å²) >= 11 is 6.13. The molecule has 0 atom stereocenters. The normalized spacial score (nSPS) is 11.4. The quantitative estimate of drug-likeness (QED) is 0.416. The first-order valence-corrected chi connectivity index (χ1v) is 10.4. The Balaban J connectivity index is 1.92. The number of nitrogens with zero attached hydrogens (tertiary/aromatic N) is 4. The fraction of sp³-hybridized carbons (Fsp3) is 0.217. The highest BCUT2D eigenvalue weighted by Gasteiger charge is 2.21. The van der Waals surface area contributed by atoms with Crippen LogP contribution in [0.5, 0.6) is 0 Å². The second kappa shape index (κ2) is 8.55. The molecule has 0 aliphatic rings. The van der Waals surface area contributed by atoms with Crippen LogP contribution in [0.3, 0.4) is 0 Å². The lowest BCUT2D eigenvalue weighted by Crippen LogP contribution is -2.41. The molecule has 0 amide bonds. The van der Waals surface area contributed by atoms with E-state index < -0.39 is 17.1 Å². The molecule has 0 saturated carbocycles. The van der Waals surface area contributed by atoms with Gasteiger partial charge < -0.3 is 4.57 Å². The maximum atomic E-state index is 13.3. The number of benzene rings is 2. The van der Waals surface area contributed by atoms with E-state index in [1.807, 2.05) is 13.8 Å². The minimum Gasteiger partial charge on any atom is -0.317 e. The van der Waals surface area contributed by atoms with Crippen molar-refractivity contribution < 1.29 is 9.18 Å². The second-order valence-electron chi connectivity index (χ2n) is 7.88. The van der Waals surface area contributed by atoms with Gasteiger partial charge in [-0.05, 0) is 48.4 Å². The monoisotopic (exact) mass is 454 g/mol. The van der Waals surface area contributed by atoms with Gasteiger partial charge in [-0.2, -0.15) is 0 Å².